The Morgan fingerprint density at radius 1 is 1.18 bits per heavy atom. The fourth-order valence-corrected chi connectivity index (χ4v) is 4.73. The number of anilines is 2. The number of rotatable bonds is 8. The van der Waals surface area contributed by atoms with Crippen molar-refractivity contribution in [3.8, 4) is 17.7 Å². The number of amides is 1. The van der Waals surface area contributed by atoms with Gasteiger partial charge in [-0.3, -0.25) is 4.79 Å². The van der Waals surface area contributed by atoms with Crippen LogP contribution in [0.4, 0.5) is 11.5 Å². The molecule has 3 aromatic heterocycles. The molecule has 0 unspecified atom stereocenters. The van der Waals surface area contributed by atoms with E-state index in [0.29, 0.717) is 29.3 Å². The molecule has 4 heterocycles. The number of fused-ring (bicyclic) bond motifs is 1. The lowest BCUT2D eigenvalue weighted by Crippen LogP contribution is -2.29. The fraction of sp³-hybridized carbons (Fsp3) is 0.321. The summed E-state index contributed by atoms with van der Waals surface area (Å²) in [5, 5.41) is 14.0. The van der Waals surface area contributed by atoms with Gasteiger partial charge in [-0.1, -0.05) is 23.7 Å². The molecule has 1 aliphatic heterocycles. The average molecular weight is 546 g/mol. The molecule has 0 N–H and O–H groups in total. The predicted octanol–water partition coefficient (Wildman–Crippen LogP) is 5.02. The van der Waals surface area contributed by atoms with Crippen LogP contribution < -0.4 is 14.4 Å². The number of likely N-dealkylation sites (tertiary alicyclic amines) is 1. The van der Waals surface area contributed by atoms with E-state index < -0.39 is 0 Å². The van der Waals surface area contributed by atoms with Crippen LogP contribution in [0.1, 0.15) is 48.3 Å². The van der Waals surface area contributed by atoms with Gasteiger partial charge in [0.25, 0.3) is 5.91 Å². The third-order valence-electron chi connectivity index (χ3n) is 6.42. The van der Waals surface area contributed by atoms with Crippen LogP contribution in [0.15, 0.2) is 48.7 Å². The average Bonchev–Trinajstić information content (AvgIpc) is 3.61. The second kappa shape index (κ2) is 11.2. The lowest BCUT2D eigenvalue weighted by atomic mass is 10.1. The number of ether oxygens (including phenoxy) is 2. The summed E-state index contributed by atoms with van der Waals surface area (Å²) >= 11 is 6.42. The molecule has 200 valence electrons. The molecule has 0 spiro atoms. The van der Waals surface area contributed by atoms with Crippen LogP contribution in [0.25, 0.3) is 5.65 Å². The second-order valence-electron chi connectivity index (χ2n) is 9.47. The molecule has 0 radical (unpaired) electrons. The third-order valence-corrected chi connectivity index (χ3v) is 6.60. The smallest absolute Gasteiger partial charge is 0.259 e. The number of aromatic nitrogens is 4. The van der Waals surface area contributed by atoms with Crippen molar-refractivity contribution in [2.45, 2.75) is 39.3 Å². The molecule has 1 amide bonds. The lowest BCUT2D eigenvalue weighted by molar-refractivity contribution is 0.0785. The van der Waals surface area contributed by atoms with Crippen molar-refractivity contribution in [2.24, 2.45) is 0 Å². The van der Waals surface area contributed by atoms with Gasteiger partial charge >= 0.3 is 0 Å². The molecule has 39 heavy (non-hydrogen) atoms. The van der Waals surface area contributed by atoms with Crippen molar-refractivity contribution in [1.82, 2.24) is 24.5 Å². The van der Waals surface area contributed by atoms with Gasteiger partial charge in [-0.05, 0) is 56.5 Å². The van der Waals surface area contributed by atoms with E-state index in [-0.39, 0.29) is 28.7 Å². The minimum atomic E-state index is -0.194. The molecular weight excluding hydrogens is 518 g/mol. The van der Waals surface area contributed by atoms with E-state index in [1.807, 2.05) is 47.9 Å². The minimum absolute atomic E-state index is 0.0924. The summed E-state index contributed by atoms with van der Waals surface area (Å²) in [6.45, 7) is 5.61. The minimum Gasteiger partial charge on any atom is -0.497 e. The summed E-state index contributed by atoms with van der Waals surface area (Å²) in [7, 11) is 1.62. The van der Waals surface area contributed by atoms with Crippen molar-refractivity contribution >= 4 is 34.7 Å². The number of hydrogen-bond acceptors (Lipinski definition) is 8. The molecule has 5 rings (SSSR count). The van der Waals surface area contributed by atoms with Crippen molar-refractivity contribution in [1.29, 1.82) is 5.26 Å². The highest BCUT2D eigenvalue weighted by Crippen LogP contribution is 2.34. The van der Waals surface area contributed by atoms with Crippen LogP contribution in [0.2, 0.25) is 5.15 Å². The van der Waals surface area contributed by atoms with Crippen molar-refractivity contribution in [3.63, 3.8) is 0 Å². The van der Waals surface area contributed by atoms with Gasteiger partial charge in [-0.2, -0.15) is 19.9 Å². The monoisotopic (exact) mass is 545 g/mol. The van der Waals surface area contributed by atoms with Gasteiger partial charge in [0.2, 0.25) is 5.88 Å². The van der Waals surface area contributed by atoms with E-state index in [1.165, 1.54) is 10.7 Å². The van der Waals surface area contributed by atoms with Gasteiger partial charge in [0.15, 0.2) is 16.5 Å². The molecule has 11 heteroatoms. The summed E-state index contributed by atoms with van der Waals surface area (Å²) < 4.78 is 12.8. The van der Waals surface area contributed by atoms with E-state index in [2.05, 4.69) is 16.2 Å². The van der Waals surface area contributed by atoms with Crippen molar-refractivity contribution in [3.05, 3.63) is 70.6 Å². The number of benzene rings is 1. The number of hydrogen-bond donors (Lipinski definition) is 0. The molecule has 1 aliphatic rings. The van der Waals surface area contributed by atoms with Crippen LogP contribution >= 0.6 is 11.6 Å². The van der Waals surface area contributed by atoms with Crippen LogP contribution in [-0.4, -0.2) is 56.7 Å². The lowest BCUT2D eigenvalue weighted by Gasteiger charge is -2.26. The van der Waals surface area contributed by atoms with Gasteiger partial charge in [0.1, 0.15) is 23.2 Å². The largest absolute Gasteiger partial charge is 0.497 e. The summed E-state index contributed by atoms with van der Waals surface area (Å²) in [4.78, 5) is 26.4. The van der Waals surface area contributed by atoms with Gasteiger partial charge in [-0.25, -0.2) is 4.98 Å². The number of pyridine rings is 1. The Morgan fingerprint density at radius 3 is 2.59 bits per heavy atom. The zero-order chi connectivity index (χ0) is 27.5. The number of nitrogens with zero attached hydrogens (tertiary/aromatic N) is 7. The van der Waals surface area contributed by atoms with Crippen LogP contribution in [0.5, 0.6) is 11.6 Å². The number of carbonyl (C=O) groups excluding carboxylic acids is 1. The molecule has 0 atom stereocenters. The number of nitriles is 1. The first-order chi connectivity index (χ1) is 18.9. The maximum atomic E-state index is 13.3. The molecule has 4 aromatic rings. The normalized spacial score (nSPS) is 13.1. The van der Waals surface area contributed by atoms with Crippen molar-refractivity contribution < 1.29 is 14.3 Å². The zero-order valence-electron chi connectivity index (χ0n) is 22.0. The fourth-order valence-electron chi connectivity index (χ4n) is 4.55. The van der Waals surface area contributed by atoms with Gasteiger partial charge in [0, 0.05) is 25.7 Å². The molecule has 10 nitrogen and oxygen atoms in total. The summed E-state index contributed by atoms with van der Waals surface area (Å²) in [6, 6.07) is 15.0. The van der Waals surface area contributed by atoms with Crippen LogP contribution in [0, 0.1) is 11.3 Å². The molecule has 0 bridgehead atoms. The molecule has 1 saturated heterocycles. The van der Waals surface area contributed by atoms with E-state index in [1.54, 1.807) is 25.3 Å². The molecule has 0 aliphatic carbocycles. The maximum absolute atomic E-state index is 13.3. The van der Waals surface area contributed by atoms with Gasteiger partial charge in [-0.15, -0.1) is 0 Å². The molecular formula is C28H28ClN7O3. The Hall–Kier alpha value is -4.36. The topological polar surface area (TPSA) is 109 Å². The zero-order valence-corrected chi connectivity index (χ0v) is 22.7. The van der Waals surface area contributed by atoms with E-state index in [9.17, 15) is 10.1 Å². The Balaban J connectivity index is 1.65. The SMILES string of the molecule is COc1ccc(CN(c2ccc(C(=O)N3CCCC3)c(OC(C)C)n2)c2cc(Cl)nn3c(C#N)cnc23)cc1. The van der Waals surface area contributed by atoms with Crippen LogP contribution in [-0.2, 0) is 6.54 Å². The standard InChI is InChI=1S/C28H28ClN7O3/c1-18(2)39-27-22(28(37)34-12-4-5-13-34)10-11-25(32-27)35(17-19-6-8-21(38-3)9-7-19)23-14-24(29)33-36-20(15-30)16-31-26(23)36/h6-11,14,16,18H,4-5,12-13,17H2,1-3H3. The van der Waals surface area contributed by atoms with E-state index >= 15 is 0 Å². The summed E-state index contributed by atoms with van der Waals surface area (Å²) in [6.07, 6.45) is 3.23. The van der Waals surface area contributed by atoms with Gasteiger partial charge in [0.05, 0.1) is 25.1 Å². The highest BCUT2D eigenvalue weighted by molar-refractivity contribution is 6.29. The Labute approximate surface area is 231 Å². The molecule has 1 fully saturated rings. The Bertz CT molecular complexity index is 1540. The maximum Gasteiger partial charge on any atom is 0.259 e. The highest BCUT2D eigenvalue weighted by atomic mass is 35.5. The summed E-state index contributed by atoms with van der Waals surface area (Å²) in [5.41, 5.74) is 2.66. The predicted molar refractivity (Wildman–Crippen MR) is 147 cm³/mol. The Morgan fingerprint density at radius 2 is 1.92 bits per heavy atom. The quantitative estimate of drug-likeness (QED) is 0.303. The number of carbonyl (C=O) groups is 1. The number of imidazole rings is 1. The highest BCUT2D eigenvalue weighted by Gasteiger charge is 2.26. The van der Waals surface area contributed by atoms with Crippen LogP contribution in [0.3, 0.4) is 0 Å². The van der Waals surface area contributed by atoms with Crippen molar-refractivity contribution in [2.75, 3.05) is 25.1 Å². The van der Waals surface area contributed by atoms with E-state index in [0.717, 1.165) is 37.2 Å². The Kier molecular flexibility index (Phi) is 7.52. The first-order valence-electron chi connectivity index (χ1n) is 12.7. The van der Waals surface area contributed by atoms with Gasteiger partial charge < -0.3 is 19.3 Å². The molecule has 1 aromatic carbocycles. The molecule has 0 saturated carbocycles. The van der Waals surface area contributed by atoms with E-state index in [4.69, 9.17) is 26.1 Å². The first-order valence-corrected chi connectivity index (χ1v) is 13.1. The summed E-state index contributed by atoms with van der Waals surface area (Å²) in [5.74, 6) is 1.42. The number of halogens is 1. The number of methoxy groups -OCH3 is 1. The first kappa shape index (κ1) is 26.3. The second-order valence-corrected chi connectivity index (χ2v) is 9.85. The third kappa shape index (κ3) is 5.45.